The molecular formula is C13H22BrN3. The number of aryl methyl sites for hydroxylation is 2. The maximum atomic E-state index is 4.66. The lowest BCUT2D eigenvalue weighted by molar-refractivity contribution is 0.367. The molecule has 0 bridgehead atoms. The maximum Gasteiger partial charge on any atom is 0.0766 e. The summed E-state index contributed by atoms with van der Waals surface area (Å²) in [5.74, 6) is 0.770. The van der Waals surface area contributed by atoms with E-state index in [4.69, 9.17) is 0 Å². The molecule has 17 heavy (non-hydrogen) atoms. The summed E-state index contributed by atoms with van der Waals surface area (Å²) in [6.45, 7) is 7.64. The molecule has 1 fully saturated rings. The number of nitrogens with zero attached hydrogens (tertiary/aromatic N) is 2. The van der Waals surface area contributed by atoms with Crippen LogP contribution in [0, 0.1) is 5.92 Å². The second kappa shape index (κ2) is 6.01. The topological polar surface area (TPSA) is 29.9 Å². The first-order chi connectivity index (χ1) is 8.26. The van der Waals surface area contributed by atoms with Crippen LogP contribution in [0.5, 0.6) is 0 Å². The highest BCUT2D eigenvalue weighted by Crippen LogP contribution is 2.26. The van der Waals surface area contributed by atoms with Gasteiger partial charge in [-0.15, -0.1) is 0 Å². The van der Waals surface area contributed by atoms with Gasteiger partial charge in [0.1, 0.15) is 0 Å². The van der Waals surface area contributed by atoms with Crippen molar-refractivity contribution in [2.75, 3.05) is 13.1 Å². The Morgan fingerprint density at radius 1 is 1.47 bits per heavy atom. The highest BCUT2D eigenvalue weighted by Gasteiger charge is 2.19. The van der Waals surface area contributed by atoms with Crippen molar-refractivity contribution in [3.63, 3.8) is 0 Å². The van der Waals surface area contributed by atoms with Gasteiger partial charge in [-0.25, -0.2) is 0 Å². The molecule has 0 aromatic carbocycles. The van der Waals surface area contributed by atoms with E-state index in [9.17, 15) is 0 Å². The number of halogens is 1. The number of hydrogen-bond acceptors (Lipinski definition) is 2. The van der Waals surface area contributed by atoms with Gasteiger partial charge in [0, 0.05) is 6.54 Å². The highest BCUT2D eigenvalue weighted by atomic mass is 79.9. The fraction of sp³-hybridized carbons (Fsp3) is 0.769. The van der Waals surface area contributed by atoms with Gasteiger partial charge in [-0.05, 0) is 67.5 Å². The summed E-state index contributed by atoms with van der Waals surface area (Å²) < 4.78 is 3.41. The van der Waals surface area contributed by atoms with Crippen LogP contribution in [-0.2, 0) is 19.4 Å². The molecule has 0 aliphatic carbocycles. The first-order valence-electron chi connectivity index (χ1n) is 6.71. The molecule has 1 aromatic rings. The quantitative estimate of drug-likeness (QED) is 0.926. The van der Waals surface area contributed by atoms with E-state index in [1.54, 1.807) is 0 Å². The molecule has 1 aromatic heterocycles. The molecule has 1 aliphatic rings. The zero-order valence-electron chi connectivity index (χ0n) is 10.8. The van der Waals surface area contributed by atoms with Gasteiger partial charge in [-0.3, -0.25) is 4.68 Å². The number of nitrogens with one attached hydrogen (secondary N) is 1. The zero-order valence-corrected chi connectivity index (χ0v) is 12.4. The molecule has 0 saturated carbocycles. The Balaban J connectivity index is 2.15. The maximum absolute atomic E-state index is 4.66. The summed E-state index contributed by atoms with van der Waals surface area (Å²) in [6.07, 6.45) is 4.80. The molecular weight excluding hydrogens is 278 g/mol. The Hall–Kier alpha value is -0.350. The van der Waals surface area contributed by atoms with Crippen molar-refractivity contribution >= 4 is 15.9 Å². The van der Waals surface area contributed by atoms with Crippen LogP contribution in [0.15, 0.2) is 4.47 Å². The summed E-state index contributed by atoms with van der Waals surface area (Å²) in [7, 11) is 0. The summed E-state index contributed by atoms with van der Waals surface area (Å²) in [4.78, 5) is 0. The molecule has 0 amide bonds. The second-order valence-corrected chi connectivity index (χ2v) is 5.59. The van der Waals surface area contributed by atoms with E-state index in [-0.39, 0.29) is 0 Å². The average molecular weight is 300 g/mol. The van der Waals surface area contributed by atoms with Crippen LogP contribution in [0.1, 0.15) is 38.1 Å². The molecule has 0 radical (unpaired) electrons. The van der Waals surface area contributed by atoms with E-state index < -0.39 is 0 Å². The summed E-state index contributed by atoms with van der Waals surface area (Å²) in [5.41, 5.74) is 2.59. The lowest BCUT2D eigenvalue weighted by Crippen LogP contribution is -2.31. The number of rotatable bonds is 4. The largest absolute Gasteiger partial charge is 0.316 e. The van der Waals surface area contributed by atoms with E-state index in [0.29, 0.717) is 0 Å². The fourth-order valence-corrected chi connectivity index (χ4v) is 3.31. The van der Waals surface area contributed by atoms with Crippen molar-refractivity contribution in [2.24, 2.45) is 5.92 Å². The van der Waals surface area contributed by atoms with Crippen molar-refractivity contribution in [1.29, 1.82) is 0 Å². The van der Waals surface area contributed by atoms with Crippen molar-refractivity contribution < 1.29 is 0 Å². The summed E-state index contributed by atoms with van der Waals surface area (Å²) in [5, 5.41) is 8.15. The Labute approximate surface area is 112 Å². The van der Waals surface area contributed by atoms with Crippen molar-refractivity contribution in [1.82, 2.24) is 15.1 Å². The minimum Gasteiger partial charge on any atom is -0.316 e. The monoisotopic (exact) mass is 299 g/mol. The van der Waals surface area contributed by atoms with E-state index in [1.165, 1.54) is 35.2 Å². The van der Waals surface area contributed by atoms with Gasteiger partial charge in [0.2, 0.25) is 0 Å². The van der Waals surface area contributed by atoms with Crippen LogP contribution in [0.2, 0.25) is 0 Å². The molecule has 4 heteroatoms. The number of hydrogen-bond donors (Lipinski definition) is 1. The second-order valence-electron chi connectivity index (χ2n) is 4.79. The van der Waals surface area contributed by atoms with Gasteiger partial charge in [0.25, 0.3) is 0 Å². The third-order valence-corrected chi connectivity index (χ3v) is 4.49. The molecule has 1 N–H and O–H groups in total. The molecule has 1 unspecified atom stereocenters. The van der Waals surface area contributed by atoms with Gasteiger partial charge in [-0.1, -0.05) is 6.92 Å². The minimum atomic E-state index is 0.770. The standard InChI is InChI=1S/C13H22BrN3/c1-3-11-13(14)12(17(4-2)16-11)8-10-6-5-7-15-9-10/h10,15H,3-9H2,1-2H3. The van der Waals surface area contributed by atoms with Gasteiger partial charge in [0.15, 0.2) is 0 Å². The smallest absolute Gasteiger partial charge is 0.0766 e. The van der Waals surface area contributed by atoms with Crippen LogP contribution in [-0.4, -0.2) is 22.9 Å². The van der Waals surface area contributed by atoms with Crippen molar-refractivity contribution in [2.45, 2.75) is 46.1 Å². The normalized spacial score (nSPS) is 20.8. The van der Waals surface area contributed by atoms with E-state index in [1.807, 2.05) is 0 Å². The zero-order chi connectivity index (χ0) is 12.3. The predicted octanol–water partition coefficient (Wildman–Crippen LogP) is 2.77. The Morgan fingerprint density at radius 2 is 2.29 bits per heavy atom. The summed E-state index contributed by atoms with van der Waals surface area (Å²) in [6, 6.07) is 0. The van der Waals surface area contributed by atoms with Gasteiger partial charge in [0.05, 0.1) is 15.9 Å². The third-order valence-electron chi connectivity index (χ3n) is 3.58. The Bertz CT molecular complexity index is 367. The van der Waals surface area contributed by atoms with Crippen LogP contribution < -0.4 is 5.32 Å². The molecule has 1 atom stereocenters. The van der Waals surface area contributed by atoms with Crippen LogP contribution in [0.3, 0.4) is 0 Å². The highest BCUT2D eigenvalue weighted by molar-refractivity contribution is 9.10. The average Bonchev–Trinajstić information content (AvgIpc) is 2.68. The Morgan fingerprint density at radius 3 is 2.88 bits per heavy atom. The van der Waals surface area contributed by atoms with E-state index in [2.05, 4.69) is 44.9 Å². The van der Waals surface area contributed by atoms with Crippen LogP contribution in [0.4, 0.5) is 0 Å². The van der Waals surface area contributed by atoms with E-state index in [0.717, 1.165) is 31.8 Å². The third kappa shape index (κ3) is 2.91. The van der Waals surface area contributed by atoms with Gasteiger partial charge >= 0.3 is 0 Å². The van der Waals surface area contributed by atoms with Crippen LogP contribution in [0.25, 0.3) is 0 Å². The SMILES string of the molecule is CCc1nn(CC)c(CC2CCCNC2)c1Br. The molecule has 0 spiro atoms. The molecule has 96 valence electrons. The van der Waals surface area contributed by atoms with Gasteiger partial charge in [-0.2, -0.15) is 5.10 Å². The first kappa shape index (κ1) is 13.1. The minimum absolute atomic E-state index is 0.770. The molecule has 2 rings (SSSR count). The Kier molecular flexibility index (Phi) is 4.62. The molecule has 3 nitrogen and oxygen atoms in total. The molecule has 1 saturated heterocycles. The molecule has 1 aliphatic heterocycles. The first-order valence-corrected chi connectivity index (χ1v) is 7.50. The van der Waals surface area contributed by atoms with E-state index >= 15 is 0 Å². The molecule has 2 heterocycles. The van der Waals surface area contributed by atoms with Gasteiger partial charge < -0.3 is 5.32 Å². The van der Waals surface area contributed by atoms with Crippen molar-refractivity contribution in [3.8, 4) is 0 Å². The number of aromatic nitrogens is 2. The lowest BCUT2D eigenvalue weighted by atomic mass is 9.94. The summed E-state index contributed by atoms with van der Waals surface area (Å²) >= 11 is 3.73. The number of piperidine rings is 1. The lowest BCUT2D eigenvalue weighted by Gasteiger charge is -2.23. The predicted molar refractivity (Wildman–Crippen MR) is 74.3 cm³/mol. The van der Waals surface area contributed by atoms with Crippen molar-refractivity contribution in [3.05, 3.63) is 15.9 Å². The fourth-order valence-electron chi connectivity index (χ4n) is 2.58. The van der Waals surface area contributed by atoms with Crippen LogP contribution >= 0.6 is 15.9 Å².